The van der Waals surface area contributed by atoms with Crippen molar-refractivity contribution in [3.05, 3.63) is 11.9 Å². The molecule has 1 N–H and O–H groups in total. The minimum absolute atomic E-state index is 0.109. The van der Waals surface area contributed by atoms with E-state index in [1.165, 1.54) is 4.90 Å². The summed E-state index contributed by atoms with van der Waals surface area (Å²) in [6, 6.07) is -0.117. The first kappa shape index (κ1) is 14.1. The Bertz CT molecular complexity index is 404. The summed E-state index contributed by atoms with van der Waals surface area (Å²) in [6.45, 7) is 4.90. The molecule has 0 spiro atoms. The number of rotatable bonds is 7. The van der Waals surface area contributed by atoms with E-state index in [-0.39, 0.29) is 18.4 Å². The zero-order chi connectivity index (χ0) is 13.5. The summed E-state index contributed by atoms with van der Waals surface area (Å²) in [6.07, 6.45) is 2.78. The van der Waals surface area contributed by atoms with Gasteiger partial charge in [-0.2, -0.15) is 0 Å². The molecule has 0 aromatic carbocycles. The highest BCUT2D eigenvalue weighted by Crippen LogP contribution is 1.99. The second-order valence-electron chi connectivity index (χ2n) is 4.17. The summed E-state index contributed by atoms with van der Waals surface area (Å²) in [4.78, 5) is 23.6. The van der Waals surface area contributed by atoms with Crippen LogP contribution in [0.25, 0.3) is 0 Å². The molecule has 0 aliphatic heterocycles. The Morgan fingerprint density at radius 3 is 2.94 bits per heavy atom. The van der Waals surface area contributed by atoms with Gasteiger partial charge in [0, 0.05) is 26.1 Å². The average molecular weight is 253 g/mol. The summed E-state index contributed by atoms with van der Waals surface area (Å²) >= 11 is 0. The van der Waals surface area contributed by atoms with Crippen molar-refractivity contribution in [3.8, 4) is 0 Å². The van der Waals surface area contributed by atoms with Crippen LogP contribution in [0.15, 0.2) is 6.20 Å². The third kappa shape index (κ3) is 4.15. The number of aryl methyl sites for hydroxylation is 1. The fraction of sp³-hybridized carbons (Fsp3) is 0.636. The third-order valence-electron chi connectivity index (χ3n) is 2.72. The molecule has 2 amide bonds. The number of aromatic nitrogens is 3. The lowest BCUT2D eigenvalue weighted by Gasteiger charge is -2.19. The molecule has 0 fully saturated rings. The van der Waals surface area contributed by atoms with Crippen molar-refractivity contribution >= 4 is 12.3 Å². The first-order valence-electron chi connectivity index (χ1n) is 5.89. The number of nitrogens with zero attached hydrogens (tertiary/aromatic N) is 4. The Kier molecular flexibility index (Phi) is 5.29. The minimum atomic E-state index is -0.117. The van der Waals surface area contributed by atoms with Crippen LogP contribution in [0.1, 0.15) is 26.0 Å². The van der Waals surface area contributed by atoms with E-state index in [9.17, 15) is 9.59 Å². The Hall–Kier alpha value is -1.92. The molecule has 0 bridgehead atoms. The van der Waals surface area contributed by atoms with Crippen molar-refractivity contribution in [3.63, 3.8) is 0 Å². The maximum Gasteiger partial charge on any atom is 0.222 e. The molecule has 1 unspecified atom stereocenters. The van der Waals surface area contributed by atoms with Crippen LogP contribution in [0.5, 0.6) is 0 Å². The second kappa shape index (κ2) is 6.73. The van der Waals surface area contributed by atoms with Crippen LogP contribution in [-0.2, 0) is 22.7 Å². The zero-order valence-electron chi connectivity index (χ0n) is 11.0. The predicted octanol–water partition coefficient (Wildman–Crippen LogP) is -0.219. The van der Waals surface area contributed by atoms with Gasteiger partial charge in [-0.3, -0.25) is 14.3 Å². The highest BCUT2D eigenvalue weighted by Gasteiger charge is 2.12. The fourth-order valence-corrected chi connectivity index (χ4v) is 1.35. The number of hydrogen-bond acceptors (Lipinski definition) is 4. The van der Waals surface area contributed by atoms with Gasteiger partial charge in [-0.15, -0.1) is 5.10 Å². The summed E-state index contributed by atoms with van der Waals surface area (Å²) in [5.74, 6) is -0.109. The largest absolute Gasteiger partial charge is 0.350 e. The quantitative estimate of drug-likeness (QED) is 0.681. The summed E-state index contributed by atoms with van der Waals surface area (Å²) in [5, 5.41) is 10.5. The van der Waals surface area contributed by atoms with Crippen molar-refractivity contribution in [2.24, 2.45) is 0 Å². The van der Waals surface area contributed by atoms with Crippen LogP contribution in [0.4, 0.5) is 0 Å². The molecular formula is C11H19N5O2. The molecule has 1 atom stereocenters. The molecule has 0 saturated carbocycles. The molecule has 1 aromatic rings. The molecule has 1 rings (SSSR count). The lowest BCUT2D eigenvalue weighted by Crippen LogP contribution is -2.34. The van der Waals surface area contributed by atoms with Crippen LogP contribution in [-0.4, -0.2) is 45.3 Å². The second-order valence-corrected chi connectivity index (χ2v) is 4.17. The molecule has 0 saturated heterocycles. The SMILES string of the molecule is CCn1cc(CNC(=O)CC(C)N(C)C=O)nn1. The fourth-order valence-electron chi connectivity index (χ4n) is 1.35. The van der Waals surface area contributed by atoms with E-state index in [0.717, 1.165) is 12.2 Å². The first-order chi connectivity index (χ1) is 8.56. The molecule has 1 aromatic heterocycles. The molecule has 18 heavy (non-hydrogen) atoms. The lowest BCUT2D eigenvalue weighted by atomic mass is 10.2. The van der Waals surface area contributed by atoms with Gasteiger partial charge in [0.05, 0.1) is 12.7 Å². The molecule has 7 heteroatoms. The van der Waals surface area contributed by atoms with Gasteiger partial charge >= 0.3 is 0 Å². The van der Waals surface area contributed by atoms with Gasteiger partial charge in [0.15, 0.2) is 0 Å². The smallest absolute Gasteiger partial charge is 0.222 e. The van der Waals surface area contributed by atoms with E-state index < -0.39 is 0 Å². The number of hydrogen-bond donors (Lipinski definition) is 1. The molecule has 0 radical (unpaired) electrons. The molecule has 7 nitrogen and oxygen atoms in total. The third-order valence-corrected chi connectivity index (χ3v) is 2.72. The van der Waals surface area contributed by atoms with Crippen LogP contribution >= 0.6 is 0 Å². The van der Waals surface area contributed by atoms with Crippen molar-refractivity contribution in [1.82, 2.24) is 25.2 Å². The van der Waals surface area contributed by atoms with Crippen LogP contribution in [0.2, 0.25) is 0 Å². The van der Waals surface area contributed by atoms with Crippen molar-refractivity contribution in [1.29, 1.82) is 0 Å². The summed E-state index contributed by atoms with van der Waals surface area (Å²) < 4.78 is 1.70. The van der Waals surface area contributed by atoms with Crippen molar-refractivity contribution < 1.29 is 9.59 Å². The summed E-state index contributed by atoms with van der Waals surface area (Å²) in [5.41, 5.74) is 0.724. The predicted molar refractivity (Wildman–Crippen MR) is 65.4 cm³/mol. The van der Waals surface area contributed by atoms with Crippen LogP contribution in [0.3, 0.4) is 0 Å². The number of amides is 2. The number of carbonyl (C=O) groups excluding carboxylic acids is 2. The normalized spacial score (nSPS) is 11.9. The van der Waals surface area contributed by atoms with Gasteiger partial charge in [-0.1, -0.05) is 5.21 Å². The van der Waals surface area contributed by atoms with E-state index >= 15 is 0 Å². The van der Waals surface area contributed by atoms with Gasteiger partial charge in [0.2, 0.25) is 12.3 Å². The first-order valence-corrected chi connectivity index (χ1v) is 5.89. The van der Waals surface area contributed by atoms with E-state index in [1.807, 2.05) is 13.8 Å². The van der Waals surface area contributed by atoms with E-state index in [1.54, 1.807) is 17.9 Å². The van der Waals surface area contributed by atoms with Crippen LogP contribution < -0.4 is 5.32 Å². The maximum atomic E-state index is 11.6. The van der Waals surface area contributed by atoms with Crippen LogP contribution in [0, 0.1) is 0 Å². The van der Waals surface area contributed by atoms with Gasteiger partial charge < -0.3 is 10.2 Å². The maximum absolute atomic E-state index is 11.6. The zero-order valence-corrected chi connectivity index (χ0v) is 11.0. The highest BCUT2D eigenvalue weighted by atomic mass is 16.2. The Morgan fingerprint density at radius 1 is 1.67 bits per heavy atom. The minimum Gasteiger partial charge on any atom is -0.350 e. The van der Waals surface area contributed by atoms with Gasteiger partial charge in [-0.25, -0.2) is 0 Å². The topological polar surface area (TPSA) is 80.1 Å². The molecule has 0 aliphatic rings. The van der Waals surface area contributed by atoms with E-state index in [2.05, 4.69) is 15.6 Å². The molecular weight excluding hydrogens is 234 g/mol. The van der Waals surface area contributed by atoms with Gasteiger partial charge in [-0.05, 0) is 13.8 Å². The lowest BCUT2D eigenvalue weighted by molar-refractivity contribution is -0.124. The molecule has 100 valence electrons. The number of nitrogens with one attached hydrogen (secondary N) is 1. The summed E-state index contributed by atoms with van der Waals surface area (Å²) in [7, 11) is 1.65. The Balaban J connectivity index is 2.34. The van der Waals surface area contributed by atoms with Crippen molar-refractivity contribution in [2.75, 3.05) is 7.05 Å². The van der Waals surface area contributed by atoms with Crippen molar-refractivity contribution in [2.45, 2.75) is 39.4 Å². The average Bonchev–Trinajstić information content (AvgIpc) is 2.83. The van der Waals surface area contributed by atoms with Gasteiger partial charge in [0.25, 0.3) is 0 Å². The van der Waals surface area contributed by atoms with E-state index in [4.69, 9.17) is 0 Å². The highest BCUT2D eigenvalue weighted by molar-refractivity contribution is 5.76. The molecule has 0 aliphatic carbocycles. The Labute approximate surface area is 106 Å². The van der Waals surface area contributed by atoms with E-state index in [0.29, 0.717) is 13.0 Å². The van der Waals surface area contributed by atoms with Gasteiger partial charge in [0.1, 0.15) is 5.69 Å². The standard InChI is InChI=1S/C11H19N5O2/c1-4-16-7-10(13-14-16)6-12-11(18)5-9(2)15(3)8-17/h7-9H,4-6H2,1-3H3,(H,12,18). The monoisotopic (exact) mass is 253 g/mol. The Morgan fingerprint density at radius 2 is 2.39 bits per heavy atom. The number of carbonyl (C=O) groups is 2. The molecule has 1 heterocycles.